The number of nitrogens with zero attached hydrogens (tertiary/aromatic N) is 1. The molecule has 1 aliphatic rings. The van der Waals surface area contributed by atoms with Crippen LogP contribution in [-0.4, -0.2) is 24.4 Å². The molecule has 1 aliphatic heterocycles. The number of benzene rings is 2. The summed E-state index contributed by atoms with van der Waals surface area (Å²) in [4.78, 5) is 28.2. The third kappa shape index (κ3) is 5.52. The van der Waals surface area contributed by atoms with Gasteiger partial charge in [-0.3, -0.25) is 4.79 Å². The minimum atomic E-state index is -0.521. The van der Waals surface area contributed by atoms with Crippen LogP contribution in [-0.2, 0) is 19.7 Å². The Kier molecular flexibility index (Phi) is 6.83. The predicted molar refractivity (Wildman–Crippen MR) is 127 cm³/mol. The molecule has 0 spiro atoms. The molecule has 0 saturated heterocycles. The lowest BCUT2D eigenvalue weighted by atomic mass is 9.87. The molecule has 0 amide bonds. The standard InChI is InChI=1S/C24H24INO5/c1-6-29-20-13-15(11-18(25)21(20)30-14(2)27)12-19-23(28)31-22(26-19)16-7-9-17(10-8-16)24(3,4)5/h7-13H,6H2,1-5H3/b19-12-. The van der Waals surface area contributed by atoms with Gasteiger partial charge in [0, 0.05) is 12.5 Å². The minimum Gasteiger partial charge on any atom is -0.490 e. The largest absolute Gasteiger partial charge is 0.490 e. The highest BCUT2D eigenvalue weighted by Gasteiger charge is 2.25. The number of cyclic esters (lactones) is 1. The molecule has 0 radical (unpaired) electrons. The van der Waals surface area contributed by atoms with Gasteiger partial charge in [-0.25, -0.2) is 9.79 Å². The summed E-state index contributed by atoms with van der Waals surface area (Å²) >= 11 is 2.06. The molecule has 7 heteroatoms. The lowest BCUT2D eigenvalue weighted by molar-refractivity contribution is -0.132. The fraction of sp³-hybridized carbons (Fsp3) is 0.292. The van der Waals surface area contributed by atoms with Crippen LogP contribution in [0.3, 0.4) is 0 Å². The summed E-state index contributed by atoms with van der Waals surface area (Å²) in [5.41, 5.74) is 2.82. The van der Waals surface area contributed by atoms with Crippen LogP contribution in [0.25, 0.3) is 6.08 Å². The van der Waals surface area contributed by atoms with Crippen molar-refractivity contribution in [3.63, 3.8) is 0 Å². The van der Waals surface area contributed by atoms with E-state index in [0.29, 0.717) is 27.2 Å². The minimum absolute atomic E-state index is 0.0332. The number of aliphatic imine (C=N–C) groups is 1. The van der Waals surface area contributed by atoms with Crippen molar-refractivity contribution in [1.82, 2.24) is 0 Å². The molecule has 0 bridgehead atoms. The van der Waals surface area contributed by atoms with Crippen molar-refractivity contribution < 1.29 is 23.8 Å². The van der Waals surface area contributed by atoms with E-state index in [-0.39, 0.29) is 17.0 Å². The van der Waals surface area contributed by atoms with Gasteiger partial charge in [-0.15, -0.1) is 0 Å². The predicted octanol–water partition coefficient (Wildman–Crippen LogP) is 5.26. The summed E-state index contributed by atoms with van der Waals surface area (Å²) < 4.78 is 17.0. The van der Waals surface area contributed by atoms with E-state index in [1.165, 1.54) is 12.5 Å². The summed E-state index contributed by atoms with van der Waals surface area (Å²) in [5, 5.41) is 0. The highest BCUT2D eigenvalue weighted by atomic mass is 127. The molecule has 0 unspecified atom stereocenters. The molecule has 162 valence electrons. The number of hydrogen-bond acceptors (Lipinski definition) is 6. The zero-order valence-corrected chi connectivity index (χ0v) is 20.3. The van der Waals surface area contributed by atoms with Crippen molar-refractivity contribution in [3.8, 4) is 11.5 Å². The van der Waals surface area contributed by atoms with Gasteiger partial charge < -0.3 is 14.2 Å². The normalized spacial score (nSPS) is 15.0. The van der Waals surface area contributed by atoms with Crippen LogP contribution < -0.4 is 9.47 Å². The Hall–Kier alpha value is -2.68. The van der Waals surface area contributed by atoms with Crippen LogP contribution in [0, 0.1) is 3.57 Å². The molecule has 2 aromatic rings. The quantitative estimate of drug-likeness (QED) is 0.227. The van der Waals surface area contributed by atoms with Gasteiger partial charge in [0.05, 0.1) is 10.2 Å². The number of ether oxygens (including phenoxy) is 3. The Labute approximate surface area is 195 Å². The SMILES string of the molecule is CCOc1cc(/C=C2\N=C(c3ccc(C(C)(C)C)cc3)OC2=O)cc(I)c1OC(C)=O. The number of carbonyl (C=O) groups excluding carboxylic acids is 2. The first-order valence-electron chi connectivity index (χ1n) is 9.86. The first kappa shape index (κ1) is 23.0. The van der Waals surface area contributed by atoms with Gasteiger partial charge in [-0.1, -0.05) is 32.9 Å². The third-order valence-electron chi connectivity index (χ3n) is 4.50. The van der Waals surface area contributed by atoms with E-state index in [0.717, 1.165) is 5.56 Å². The molecule has 0 saturated carbocycles. The highest BCUT2D eigenvalue weighted by Crippen LogP contribution is 2.35. The van der Waals surface area contributed by atoms with E-state index in [9.17, 15) is 9.59 Å². The lowest BCUT2D eigenvalue weighted by Gasteiger charge is -2.18. The molecular weight excluding hydrogens is 509 g/mol. The van der Waals surface area contributed by atoms with E-state index in [2.05, 4.69) is 48.4 Å². The summed E-state index contributed by atoms with van der Waals surface area (Å²) in [6.07, 6.45) is 1.63. The van der Waals surface area contributed by atoms with Crippen molar-refractivity contribution in [3.05, 3.63) is 62.4 Å². The van der Waals surface area contributed by atoms with Gasteiger partial charge in [0.1, 0.15) is 0 Å². The fourth-order valence-corrected chi connectivity index (χ4v) is 3.72. The van der Waals surface area contributed by atoms with E-state index in [1.54, 1.807) is 18.2 Å². The smallest absolute Gasteiger partial charge is 0.363 e. The van der Waals surface area contributed by atoms with Crippen LogP contribution in [0.4, 0.5) is 0 Å². The maximum atomic E-state index is 12.4. The van der Waals surface area contributed by atoms with E-state index in [1.807, 2.05) is 31.2 Å². The van der Waals surface area contributed by atoms with Gasteiger partial charge in [-0.2, -0.15) is 0 Å². The highest BCUT2D eigenvalue weighted by molar-refractivity contribution is 14.1. The topological polar surface area (TPSA) is 74.2 Å². The van der Waals surface area contributed by atoms with Crippen LogP contribution in [0.5, 0.6) is 11.5 Å². The van der Waals surface area contributed by atoms with Gasteiger partial charge in [0.2, 0.25) is 5.90 Å². The number of esters is 2. The second-order valence-electron chi connectivity index (χ2n) is 8.02. The second-order valence-corrected chi connectivity index (χ2v) is 9.18. The van der Waals surface area contributed by atoms with E-state index in [4.69, 9.17) is 14.2 Å². The second kappa shape index (κ2) is 9.21. The van der Waals surface area contributed by atoms with Crippen molar-refractivity contribution >= 4 is 46.5 Å². The monoisotopic (exact) mass is 533 g/mol. The lowest BCUT2D eigenvalue weighted by Crippen LogP contribution is -2.11. The maximum absolute atomic E-state index is 12.4. The van der Waals surface area contributed by atoms with Crippen LogP contribution >= 0.6 is 22.6 Å². The summed E-state index contributed by atoms with van der Waals surface area (Å²) in [7, 11) is 0. The molecule has 0 aliphatic carbocycles. The summed E-state index contributed by atoms with van der Waals surface area (Å²) in [6.45, 7) is 9.99. The molecule has 3 rings (SSSR count). The Balaban J connectivity index is 1.93. The van der Waals surface area contributed by atoms with E-state index >= 15 is 0 Å². The average molecular weight is 533 g/mol. The average Bonchev–Trinajstić information content (AvgIpc) is 3.04. The molecule has 0 fully saturated rings. The molecular formula is C24H24INO5. The number of carbonyl (C=O) groups is 2. The van der Waals surface area contributed by atoms with Gasteiger partial charge in [-0.05, 0) is 76.4 Å². The summed E-state index contributed by atoms with van der Waals surface area (Å²) in [5.74, 6) is 0.0926. The number of rotatable bonds is 5. The molecule has 0 N–H and O–H groups in total. The van der Waals surface area contributed by atoms with Gasteiger partial charge >= 0.3 is 11.9 Å². The third-order valence-corrected chi connectivity index (χ3v) is 5.30. The van der Waals surface area contributed by atoms with Crippen molar-refractivity contribution in [2.24, 2.45) is 4.99 Å². The summed E-state index contributed by atoms with van der Waals surface area (Å²) in [6, 6.07) is 11.3. The molecule has 1 heterocycles. The van der Waals surface area contributed by atoms with Crippen molar-refractivity contribution in [1.29, 1.82) is 0 Å². The molecule has 2 aromatic carbocycles. The zero-order valence-electron chi connectivity index (χ0n) is 18.1. The van der Waals surface area contributed by atoms with Crippen LogP contribution in [0.2, 0.25) is 0 Å². The van der Waals surface area contributed by atoms with Crippen LogP contribution in [0.1, 0.15) is 51.3 Å². The first-order chi connectivity index (χ1) is 14.6. The number of hydrogen-bond donors (Lipinski definition) is 0. The molecule has 0 aromatic heterocycles. The Morgan fingerprint density at radius 3 is 2.45 bits per heavy atom. The Bertz CT molecular complexity index is 1080. The number of halogens is 1. The van der Waals surface area contributed by atoms with Crippen LogP contribution in [0.15, 0.2) is 47.1 Å². The van der Waals surface area contributed by atoms with Gasteiger partial charge in [0.25, 0.3) is 0 Å². The van der Waals surface area contributed by atoms with Crippen molar-refractivity contribution in [2.75, 3.05) is 6.61 Å². The van der Waals surface area contributed by atoms with Crippen molar-refractivity contribution in [2.45, 2.75) is 40.0 Å². The Morgan fingerprint density at radius 2 is 1.87 bits per heavy atom. The first-order valence-corrected chi connectivity index (χ1v) is 10.9. The molecule has 31 heavy (non-hydrogen) atoms. The van der Waals surface area contributed by atoms with Gasteiger partial charge in [0.15, 0.2) is 17.2 Å². The maximum Gasteiger partial charge on any atom is 0.363 e. The molecule has 6 nitrogen and oxygen atoms in total. The molecule has 0 atom stereocenters. The zero-order chi connectivity index (χ0) is 22.8. The Morgan fingerprint density at radius 1 is 1.19 bits per heavy atom. The fourth-order valence-electron chi connectivity index (χ4n) is 2.98. The van der Waals surface area contributed by atoms with E-state index < -0.39 is 11.9 Å².